The Kier molecular flexibility index (Phi) is 8.22. The molecule has 1 aliphatic rings. The van der Waals surface area contributed by atoms with Gasteiger partial charge in [0.25, 0.3) is 0 Å². The third-order valence-corrected chi connectivity index (χ3v) is 8.41. The second-order valence-corrected chi connectivity index (χ2v) is 12.3. The van der Waals surface area contributed by atoms with E-state index in [-0.39, 0.29) is 45.8 Å². The molecule has 218 valence electrons. The summed E-state index contributed by atoms with van der Waals surface area (Å²) in [6.07, 6.45) is 3.02. The van der Waals surface area contributed by atoms with Crippen LogP contribution in [-0.4, -0.2) is 55.5 Å². The summed E-state index contributed by atoms with van der Waals surface area (Å²) in [5.41, 5.74) is 2.24. The van der Waals surface area contributed by atoms with Crippen LogP contribution in [0.1, 0.15) is 44.9 Å². The predicted molar refractivity (Wildman–Crippen MR) is 168 cm³/mol. The molecule has 0 aliphatic carbocycles. The van der Waals surface area contributed by atoms with Gasteiger partial charge in [-0.05, 0) is 68.7 Å². The number of benzene rings is 1. The van der Waals surface area contributed by atoms with Crippen LogP contribution >= 0.6 is 27.5 Å². The molecule has 4 aromatic rings. The van der Waals surface area contributed by atoms with Gasteiger partial charge in [0.2, 0.25) is 5.91 Å². The molecule has 1 aliphatic heterocycles. The SMILES string of the molecule is C=CC(=O)N1C[C@H](C)N(c2nc(=O)n(-c3c(C)ccnc3C(C)C)c3nc(-c4cc(Br)ccc4F)c(Cl)cc23)C[C@H]1C. The minimum Gasteiger partial charge on any atom is -0.349 e. The molecule has 5 rings (SSSR count). The molecule has 2 atom stereocenters. The standard InChI is InChI=1S/C31H31BrClFN6O2/c1-7-25(41)38-14-19(6)39(15-18(38)5)29-22-13-23(33)27(21-12-20(32)8-9-24(21)34)36-30(22)40(31(42)37-29)28-17(4)10-11-35-26(28)16(2)3/h7-13,16,18-19H,1,14-15H2,2-6H3/t18-,19+/m1/s1. The molecule has 3 aromatic heterocycles. The third kappa shape index (κ3) is 5.22. The number of nitrogens with zero attached hydrogens (tertiary/aromatic N) is 6. The molecule has 0 unspecified atom stereocenters. The van der Waals surface area contributed by atoms with Gasteiger partial charge >= 0.3 is 5.69 Å². The monoisotopic (exact) mass is 652 g/mol. The van der Waals surface area contributed by atoms with Crippen molar-refractivity contribution in [3.63, 3.8) is 0 Å². The van der Waals surface area contributed by atoms with Gasteiger partial charge in [-0.25, -0.2) is 18.7 Å². The lowest BCUT2D eigenvalue weighted by Crippen LogP contribution is -2.58. The van der Waals surface area contributed by atoms with E-state index in [2.05, 4.69) is 32.5 Å². The number of hydrogen-bond donors (Lipinski definition) is 0. The molecule has 11 heteroatoms. The number of piperazine rings is 1. The lowest BCUT2D eigenvalue weighted by Gasteiger charge is -2.44. The first-order valence-corrected chi connectivity index (χ1v) is 14.8. The summed E-state index contributed by atoms with van der Waals surface area (Å²) in [5, 5.41) is 0.736. The van der Waals surface area contributed by atoms with Gasteiger partial charge in [-0.15, -0.1) is 0 Å². The van der Waals surface area contributed by atoms with Gasteiger partial charge in [0.05, 0.1) is 27.5 Å². The molecule has 1 aromatic carbocycles. The summed E-state index contributed by atoms with van der Waals surface area (Å²) in [7, 11) is 0. The zero-order valence-corrected chi connectivity index (χ0v) is 26.4. The number of fused-ring (bicyclic) bond motifs is 1. The van der Waals surface area contributed by atoms with Crippen molar-refractivity contribution in [3.8, 4) is 16.9 Å². The van der Waals surface area contributed by atoms with Crippen molar-refractivity contribution in [2.75, 3.05) is 18.0 Å². The van der Waals surface area contributed by atoms with Crippen LogP contribution in [0.4, 0.5) is 10.2 Å². The highest BCUT2D eigenvalue weighted by Crippen LogP contribution is 2.37. The number of carbonyl (C=O) groups is 1. The number of amides is 1. The molecule has 0 bridgehead atoms. The molecule has 1 saturated heterocycles. The van der Waals surface area contributed by atoms with E-state index in [0.717, 1.165) is 5.56 Å². The first-order valence-electron chi connectivity index (χ1n) is 13.7. The Hall–Kier alpha value is -3.63. The molecule has 0 spiro atoms. The van der Waals surface area contributed by atoms with Gasteiger partial charge in [0, 0.05) is 41.4 Å². The largest absolute Gasteiger partial charge is 0.355 e. The fourth-order valence-corrected chi connectivity index (χ4v) is 6.14. The number of aryl methyl sites for hydroxylation is 1. The van der Waals surface area contributed by atoms with Crippen molar-refractivity contribution in [3.05, 3.63) is 86.2 Å². The molecule has 0 radical (unpaired) electrons. The second kappa shape index (κ2) is 11.6. The van der Waals surface area contributed by atoms with Crippen LogP contribution in [0, 0.1) is 12.7 Å². The highest BCUT2D eigenvalue weighted by molar-refractivity contribution is 9.10. The lowest BCUT2D eigenvalue weighted by atomic mass is 10.0. The van der Waals surface area contributed by atoms with Crippen LogP contribution in [0.5, 0.6) is 0 Å². The van der Waals surface area contributed by atoms with Crippen molar-refractivity contribution >= 4 is 50.3 Å². The Bertz CT molecular complexity index is 1790. The Morgan fingerprint density at radius 1 is 1.17 bits per heavy atom. The van der Waals surface area contributed by atoms with E-state index in [9.17, 15) is 9.59 Å². The molecular weight excluding hydrogens is 623 g/mol. The van der Waals surface area contributed by atoms with Crippen molar-refractivity contribution < 1.29 is 9.18 Å². The average Bonchev–Trinajstić information content (AvgIpc) is 2.95. The summed E-state index contributed by atoms with van der Waals surface area (Å²) >= 11 is 10.2. The maximum atomic E-state index is 15.1. The molecule has 1 fully saturated rings. The maximum Gasteiger partial charge on any atom is 0.355 e. The topological polar surface area (TPSA) is 84.2 Å². The van der Waals surface area contributed by atoms with E-state index in [0.29, 0.717) is 40.1 Å². The van der Waals surface area contributed by atoms with Crippen LogP contribution < -0.4 is 10.6 Å². The maximum absolute atomic E-state index is 15.1. The van der Waals surface area contributed by atoms with Gasteiger partial charge in [0.15, 0.2) is 5.65 Å². The van der Waals surface area contributed by atoms with Gasteiger partial charge in [-0.1, -0.05) is 48.0 Å². The number of aromatic nitrogens is 4. The van der Waals surface area contributed by atoms with Crippen molar-refractivity contribution in [1.29, 1.82) is 0 Å². The van der Waals surface area contributed by atoms with E-state index in [1.54, 1.807) is 29.3 Å². The van der Waals surface area contributed by atoms with E-state index < -0.39 is 11.5 Å². The first-order chi connectivity index (χ1) is 19.9. The van der Waals surface area contributed by atoms with E-state index in [1.807, 2.05) is 45.6 Å². The average molecular weight is 654 g/mol. The number of carbonyl (C=O) groups excluding carboxylic acids is 1. The third-order valence-electron chi connectivity index (χ3n) is 7.63. The summed E-state index contributed by atoms with van der Waals surface area (Å²) in [5.74, 6) is -0.256. The Morgan fingerprint density at radius 2 is 1.90 bits per heavy atom. The van der Waals surface area contributed by atoms with Crippen molar-refractivity contribution in [1.82, 2.24) is 24.4 Å². The molecular formula is C31H31BrClFN6O2. The molecule has 4 heterocycles. The smallest absolute Gasteiger partial charge is 0.349 e. The second-order valence-electron chi connectivity index (χ2n) is 10.9. The quantitative estimate of drug-likeness (QED) is 0.231. The number of hydrogen-bond acceptors (Lipinski definition) is 6. The number of pyridine rings is 2. The van der Waals surface area contributed by atoms with Crippen LogP contribution in [0.25, 0.3) is 28.0 Å². The minimum absolute atomic E-state index is 0.00725. The number of rotatable bonds is 5. The zero-order valence-electron chi connectivity index (χ0n) is 24.0. The van der Waals surface area contributed by atoms with Crippen molar-refractivity contribution in [2.24, 2.45) is 0 Å². The zero-order chi connectivity index (χ0) is 30.5. The summed E-state index contributed by atoms with van der Waals surface area (Å²) < 4.78 is 17.2. The van der Waals surface area contributed by atoms with Gasteiger partial charge in [0.1, 0.15) is 11.6 Å². The lowest BCUT2D eigenvalue weighted by molar-refractivity contribution is -0.128. The number of halogens is 3. The van der Waals surface area contributed by atoms with Crippen LogP contribution in [0.15, 0.2) is 58.5 Å². The van der Waals surface area contributed by atoms with E-state index in [4.69, 9.17) is 16.6 Å². The fraction of sp³-hybridized carbons (Fsp3) is 0.323. The van der Waals surface area contributed by atoms with E-state index >= 15 is 4.39 Å². The Labute approximate surface area is 257 Å². The summed E-state index contributed by atoms with van der Waals surface area (Å²) in [4.78, 5) is 44.3. The minimum atomic E-state index is -0.546. The molecule has 1 amide bonds. The molecule has 42 heavy (non-hydrogen) atoms. The normalized spacial score (nSPS) is 17.3. The van der Waals surface area contributed by atoms with Gasteiger partial charge in [-0.3, -0.25) is 9.78 Å². The Morgan fingerprint density at radius 3 is 2.60 bits per heavy atom. The van der Waals surface area contributed by atoms with Crippen molar-refractivity contribution in [2.45, 2.75) is 52.6 Å². The first kappa shape index (κ1) is 29.8. The fourth-order valence-electron chi connectivity index (χ4n) is 5.52. The summed E-state index contributed by atoms with van der Waals surface area (Å²) in [6, 6.07) is 7.71. The van der Waals surface area contributed by atoms with Crippen LogP contribution in [0.3, 0.4) is 0 Å². The highest BCUT2D eigenvalue weighted by Gasteiger charge is 2.34. The van der Waals surface area contributed by atoms with Gasteiger partial charge < -0.3 is 9.80 Å². The van der Waals surface area contributed by atoms with Gasteiger partial charge in [-0.2, -0.15) is 4.98 Å². The molecule has 8 nitrogen and oxygen atoms in total. The predicted octanol–water partition coefficient (Wildman–Crippen LogP) is 6.44. The van der Waals surface area contributed by atoms with Crippen LogP contribution in [0.2, 0.25) is 5.02 Å². The Balaban J connectivity index is 1.84. The summed E-state index contributed by atoms with van der Waals surface area (Å²) in [6.45, 7) is 14.3. The molecule has 0 saturated carbocycles. The van der Waals surface area contributed by atoms with E-state index in [1.165, 1.54) is 16.7 Å². The molecule has 0 N–H and O–H groups in total. The number of anilines is 1. The van der Waals surface area contributed by atoms with Crippen LogP contribution in [-0.2, 0) is 4.79 Å². The highest BCUT2D eigenvalue weighted by atomic mass is 79.9.